The van der Waals surface area contributed by atoms with E-state index in [2.05, 4.69) is 5.32 Å². The van der Waals surface area contributed by atoms with Gasteiger partial charge in [0.05, 0.1) is 31.6 Å². The van der Waals surface area contributed by atoms with E-state index in [4.69, 9.17) is 21.1 Å². The van der Waals surface area contributed by atoms with Crippen molar-refractivity contribution in [3.8, 4) is 0 Å². The molecule has 102 valence electrons. The van der Waals surface area contributed by atoms with Crippen molar-refractivity contribution in [1.29, 1.82) is 0 Å². The van der Waals surface area contributed by atoms with Gasteiger partial charge in [0.15, 0.2) is 0 Å². The molecule has 1 rings (SSSR count). The number of hydrogen-bond donors (Lipinski definition) is 2. The molecule has 1 aromatic carbocycles. The van der Waals surface area contributed by atoms with Crippen molar-refractivity contribution in [2.75, 3.05) is 38.8 Å². The summed E-state index contributed by atoms with van der Waals surface area (Å²) in [6.45, 7) is 1.24. The summed E-state index contributed by atoms with van der Waals surface area (Å²) >= 11 is 5.74. The molecule has 1 atom stereocenters. The molecule has 2 N–H and O–H groups in total. The van der Waals surface area contributed by atoms with Crippen LogP contribution in [0.1, 0.15) is 0 Å². The fourth-order valence-corrected chi connectivity index (χ4v) is 1.45. The SMILES string of the molecule is COCCOCC(O)CNc1cc(Cl)ccc1F. The molecule has 4 nitrogen and oxygen atoms in total. The van der Waals surface area contributed by atoms with Gasteiger partial charge >= 0.3 is 0 Å². The summed E-state index contributed by atoms with van der Waals surface area (Å²) in [7, 11) is 1.57. The van der Waals surface area contributed by atoms with Gasteiger partial charge in [0.2, 0.25) is 0 Å². The lowest BCUT2D eigenvalue weighted by Crippen LogP contribution is -2.25. The Morgan fingerprint density at radius 1 is 1.44 bits per heavy atom. The standard InChI is InChI=1S/C12H17ClFNO3/c1-17-4-5-18-8-10(16)7-15-12-6-9(13)2-3-11(12)14/h2-3,6,10,15-16H,4-5,7-8H2,1H3. The van der Waals surface area contributed by atoms with E-state index in [0.29, 0.717) is 18.2 Å². The van der Waals surface area contributed by atoms with E-state index >= 15 is 0 Å². The lowest BCUT2D eigenvalue weighted by Gasteiger charge is -2.13. The summed E-state index contributed by atoms with van der Waals surface area (Å²) in [5.74, 6) is -0.410. The van der Waals surface area contributed by atoms with Crippen LogP contribution < -0.4 is 5.32 Å². The minimum atomic E-state index is -0.722. The highest BCUT2D eigenvalue weighted by atomic mass is 35.5. The molecule has 0 aliphatic heterocycles. The average Bonchev–Trinajstić information content (AvgIpc) is 2.36. The maximum atomic E-state index is 13.3. The zero-order valence-corrected chi connectivity index (χ0v) is 10.9. The molecule has 0 saturated carbocycles. The normalized spacial score (nSPS) is 12.4. The second-order valence-corrected chi connectivity index (χ2v) is 4.16. The lowest BCUT2D eigenvalue weighted by atomic mass is 10.3. The van der Waals surface area contributed by atoms with E-state index < -0.39 is 11.9 Å². The molecule has 0 heterocycles. The van der Waals surface area contributed by atoms with Gasteiger partial charge in [-0.3, -0.25) is 0 Å². The number of ether oxygens (including phenoxy) is 2. The molecular weight excluding hydrogens is 261 g/mol. The monoisotopic (exact) mass is 277 g/mol. The molecular formula is C12H17ClFNO3. The predicted molar refractivity (Wildman–Crippen MR) is 68.6 cm³/mol. The van der Waals surface area contributed by atoms with Gasteiger partial charge in [-0.1, -0.05) is 11.6 Å². The molecule has 0 aliphatic rings. The van der Waals surface area contributed by atoms with E-state index in [-0.39, 0.29) is 18.8 Å². The molecule has 0 amide bonds. The number of hydrogen-bond acceptors (Lipinski definition) is 4. The number of rotatable bonds is 8. The van der Waals surface area contributed by atoms with Gasteiger partial charge in [-0.05, 0) is 18.2 Å². The van der Waals surface area contributed by atoms with Gasteiger partial charge < -0.3 is 19.9 Å². The smallest absolute Gasteiger partial charge is 0.146 e. The van der Waals surface area contributed by atoms with Crippen molar-refractivity contribution in [2.24, 2.45) is 0 Å². The number of nitrogens with one attached hydrogen (secondary N) is 1. The minimum absolute atomic E-state index is 0.165. The average molecular weight is 278 g/mol. The van der Waals surface area contributed by atoms with E-state index in [0.717, 1.165) is 0 Å². The van der Waals surface area contributed by atoms with Gasteiger partial charge in [-0.2, -0.15) is 0 Å². The van der Waals surface area contributed by atoms with Crippen molar-refractivity contribution in [3.05, 3.63) is 29.0 Å². The summed E-state index contributed by atoms with van der Waals surface area (Å²) in [5, 5.41) is 12.8. The summed E-state index contributed by atoms with van der Waals surface area (Å²) < 4.78 is 23.3. The van der Waals surface area contributed by atoms with Gasteiger partial charge in [0.25, 0.3) is 0 Å². The summed E-state index contributed by atoms with van der Waals surface area (Å²) in [6, 6.07) is 4.20. The summed E-state index contributed by atoms with van der Waals surface area (Å²) in [5.41, 5.74) is 0.262. The molecule has 0 aliphatic carbocycles. The van der Waals surface area contributed by atoms with Gasteiger partial charge in [0.1, 0.15) is 5.82 Å². The van der Waals surface area contributed by atoms with Crippen LogP contribution in [0.2, 0.25) is 5.02 Å². The van der Waals surface area contributed by atoms with Crippen LogP contribution in [0.5, 0.6) is 0 Å². The van der Waals surface area contributed by atoms with Crippen molar-refractivity contribution >= 4 is 17.3 Å². The van der Waals surface area contributed by atoms with E-state index in [1.807, 2.05) is 0 Å². The molecule has 0 radical (unpaired) electrons. The molecule has 1 aromatic rings. The molecule has 0 fully saturated rings. The summed E-state index contributed by atoms with van der Waals surface area (Å²) in [6.07, 6.45) is -0.722. The van der Waals surface area contributed by atoms with Crippen LogP contribution in [0.4, 0.5) is 10.1 Å². The van der Waals surface area contributed by atoms with E-state index in [1.54, 1.807) is 7.11 Å². The first-order valence-corrected chi connectivity index (χ1v) is 5.95. The fourth-order valence-electron chi connectivity index (χ4n) is 1.28. The molecule has 0 aromatic heterocycles. The van der Waals surface area contributed by atoms with Crippen LogP contribution in [-0.2, 0) is 9.47 Å². The summed E-state index contributed by atoms with van der Waals surface area (Å²) in [4.78, 5) is 0. The van der Waals surface area contributed by atoms with Crippen LogP contribution in [0.3, 0.4) is 0 Å². The third-order valence-corrected chi connectivity index (χ3v) is 2.43. The zero-order chi connectivity index (χ0) is 13.4. The quantitative estimate of drug-likeness (QED) is 0.713. The first-order chi connectivity index (χ1) is 8.63. The number of methoxy groups -OCH3 is 1. The Bertz CT molecular complexity index is 365. The number of benzene rings is 1. The maximum Gasteiger partial charge on any atom is 0.146 e. The predicted octanol–water partition coefficient (Wildman–Crippen LogP) is 1.91. The number of halogens is 2. The molecule has 0 spiro atoms. The first kappa shape index (κ1) is 15.2. The Hall–Kier alpha value is -0.880. The zero-order valence-electron chi connectivity index (χ0n) is 10.2. The fraction of sp³-hybridized carbons (Fsp3) is 0.500. The highest BCUT2D eigenvalue weighted by Gasteiger charge is 2.07. The Kier molecular flexibility index (Phi) is 6.97. The Labute approximate surface area is 111 Å². The van der Waals surface area contributed by atoms with Crippen molar-refractivity contribution < 1.29 is 19.0 Å². The molecule has 6 heteroatoms. The Morgan fingerprint density at radius 2 is 2.22 bits per heavy atom. The Balaban J connectivity index is 2.29. The number of aliphatic hydroxyl groups is 1. The van der Waals surface area contributed by atoms with Crippen LogP contribution >= 0.6 is 11.6 Å². The third kappa shape index (κ3) is 5.64. The molecule has 0 saturated heterocycles. The Morgan fingerprint density at radius 3 is 2.94 bits per heavy atom. The molecule has 1 unspecified atom stereocenters. The van der Waals surface area contributed by atoms with Crippen molar-refractivity contribution in [1.82, 2.24) is 0 Å². The third-order valence-electron chi connectivity index (χ3n) is 2.20. The second kappa shape index (κ2) is 8.26. The van der Waals surface area contributed by atoms with Crippen LogP contribution in [0.25, 0.3) is 0 Å². The van der Waals surface area contributed by atoms with E-state index in [1.165, 1.54) is 18.2 Å². The van der Waals surface area contributed by atoms with Gasteiger partial charge in [0, 0.05) is 18.7 Å². The van der Waals surface area contributed by atoms with Crippen molar-refractivity contribution in [3.63, 3.8) is 0 Å². The van der Waals surface area contributed by atoms with E-state index in [9.17, 15) is 9.50 Å². The minimum Gasteiger partial charge on any atom is -0.389 e. The second-order valence-electron chi connectivity index (χ2n) is 3.73. The number of aliphatic hydroxyl groups excluding tert-OH is 1. The number of anilines is 1. The largest absolute Gasteiger partial charge is 0.389 e. The molecule has 0 bridgehead atoms. The highest BCUT2D eigenvalue weighted by Crippen LogP contribution is 2.19. The van der Waals surface area contributed by atoms with Crippen LogP contribution in [0, 0.1) is 5.82 Å². The van der Waals surface area contributed by atoms with Gasteiger partial charge in [-0.15, -0.1) is 0 Å². The lowest BCUT2D eigenvalue weighted by molar-refractivity contribution is 0.0182. The molecule has 18 heavy (non-hydrogen) atoms. The van der Waals surface area contributed by atoms with Crippen LogP contribution in [-0.4, -0.2) is 44.7 Å². The van der Waals surface area contributed by atoms with Gasteiger partial charge in [-0.25, -0.2) is 4.39 Å². The maximum absolute atomic E-state index is 13.3. The first-order valence-electron chi connectivity index (χ1n) is 5.57. The topological polar surface area (TPSA) is 50.7 Å². The van der Waals surface area contributed by atoms with Crippen molar-refractivity contribution in [2.45, 2.75) is 6.10 Å². The highest BCUT2D eigenvalue weighted by molar-refractivity contribution is 6.30. The van der Waals surface area contributed by atoms with Crippen LogP contribution in [0.15, 0.2) is 18.2 Å².